The van der Waals surface area contributed by atoms with Crippen LogP contribution in [0.25, 0.3) is 5.69 Å². The number of benzene rings is 2. The van der Waals surface area contributed by atoms with Gasteiger partial charge in [0, 0.05) is 6.20 Å². The third-order valence-electron chi connectivity index (χ3n) is 3.64. The van der Waals surface area contributed by atoms with Crippen molar-refractivity contribution in [1.82, 2.24) is 9.78 Å². The van der Waals surface area contributed by atoms with Crippen LogP contribution in [-0.2, 0) is 6.61 Å². The fraction of sp³-hybridized carbons (Fsp3) is 0.111. The van der Waals surface area contributed by atoms with E-state index in [1.807, 2.05) is 0 Å². The molecule has 3 rings (SSSR count). The molecule has 0 saturated carbocycles. The Hall–Kier alpha value is -3.42. The van der Waals surface area contributed by atoms with Crippen molar-refractivity contribution >= 4 is 5.91 Å². The van der Waals surface area contributed by atoms with Crippen LogP contribution in [-0.4, -0.2) is 22.8 Å². The summed E-state index contributed by atoms with van der Waals surface area (Å²) < 4.78 is 39.6. The number of aromatic nitrogens is 2. The average molecular weight is 359 g/mol. The van der Waals surface area contributed by atoms with Gasteiger partial charge < -0.3 is 15.2 Å². The van der Waals surface area contributed by atoms with Crippen molar-refractivity contribution in [2.75, 3.05) is 7.11 Å². The van der Waals surface area contributed by atoms with E-state index in [0.29, 0.717) is 11.4 Å². The number of halogens is 2. The molecule has 0 aliphatic carbocycles. The number of amides is 1. The largest absolute Gasteiger partial charge is 0.493 e. The monoisotopic (exact) mass is 359 g/mol. The molecule has 0 atom stereocenters. The Balaban J connectivity index is 1.85. The number of carbonyl (C=O) groups excluding carboxylic acids is 1. The Labute approximate surface area is 147 Å². The molecule has 0 unspecified atom stereocenters. The number of hydrogen-bond acceptors (Lipinski definition) is 4. The predicted octanol–water partition coefficient (Wildman–Crippen LogP) is 2.84. The van der Waals surface area contributed by atoms with E-state index < -0.39 is 17.5 Å². The fourth-order valence-corrected chi connectivity index (χ4v) is 2.44. The van der Waals surface area contributed by atoms with Crippen molar-refractivity contribution in [3.05, 3.63) is 71.6 Å². The third kappa shape index (κ3) is 3.34. The minimum atomic E-state index is -0.735. The van der Waals surface area contributed by atoms with Gasteiger partial charge in [-0.05, 0) is 30.3 Å². The molecule has 8 heteroatoms. The smallest absolute Gasteiger partial charge is 0.252 e. The number of hydrogen-bond donors (Lipinski definition) is 1. The van der Waals surface area contributed by atoms with Gasteiger partial charge in [0.25, 0.3) is 5.91 Å². The van der Waals surface area contributed by atoms with E-state index in [0.717, 1.165) is 16.8 Å². The lowest BCUT2D eigenvalue weighted by molar-refractivity contribution is 0.0995. The summed E-state index contributed by atoms with van der Waals surface area (Å²) in [6.45, 7) is -0.0519. The van der Waals surface area contributed by atoms with Crippen LogP contribution >= 0.6 is 0 Å². The predicted molar refractivity (Wildman–Crippen MR) is 89.3 cm³/mol. The number of methoxy groups -OCH3 is 1. The van der Waals surface area contributed by atoms with E-state index in [-0.39, 0.29) is 23.6 Å². The highest BCUT2D eigenvalue weighted by Crippen LogP contribution is 2.31. The molecule has 0 spiro atoms. The summed E-state index contributed by atoms with van der Waals surface area (Å²) in [4.78, 5) is 11.5. The van der Waals surface area contributed by atoms with Crippen molar-refractivity contribution in [1.29, 1.82) is 0 Å². The van der Waals surface area contributed by atoms with Gasteiger partial charge in [-0.3, -0.25) is 4.79 Å². The lowest BCUT2D eigenvalue weighted by Gasteiger charge is -2.12. The highest BCUT2D eigenvalue weighted by molar-refractivity contribution is 5.96. The van der Waals surface area contributed by atoms with Crippen LogP contribution in [0.4, 0.5) is 8.78 Å². The molecule has 1 amide bonds. The minimum Gasteiger partial charge on any atom is -0.493 e. The lowest BCUT2D eigenvalue weighted by atomic mass is 10.2. The summed E-state index contributed by atoms with van der Waals surface area (Å²) in [6, 6.07) is 9.85. The van der Waals surface area contributed by atoms with E-state index in [1.165, 1.54) is 25.4 Å². The molecule has 2 aromatic carbocycles. The first-order valence-corrected chi connectivity index (χ1v) is 7.59. The second kappa shape index (κ2) is 7.22. The van der Waals surface area contributed by atoms with Crippen molar-refractivity contribution in [2.45, 2.75) is 6.61 Å². The molecular formula is C18H15F2N3O3. The number of nitrogens with zero attached hydrogens (tertiary/aromatic N) is 2. The first-order chi connectivity index (χ1) is 12.5. The van der Waals surface area contributed by atoms with Crippen molar-refractivity contribution in [2.24, 2.45) is 5.73 Å². The molecule has 0 aliphatic heterocycles. The quantitative estimate of drug-likeness (QED) is 0.734. The molecule has 3 aromatic rings. The van der Waals surface area contributed by atoms with Crippen LogP contribution < -0.4 is 15.2 Å². The highest BCUT2D eigenvalue weighted by Gasteiger charge is 2.16. The normalized spacial score (nSPS) is 10.6. The standard InChI is InChI=1S/C18H15F2N3O3/c1-25-15-7-2-4-12(18(21)24)17(15)26-10-11-8-9-23(22-11)16-13(19)5-3-6-14(16)20/h2-9H,10H2,1H3,(H2,21,24). The zero-order valence-corrected chi connectivity index (χ0v) is 13.8. The van der Waals surface area contributed by atoms with E-state index in [4.69, 9.17) is 15.2 Å². The van der Waals surface area contributed by atoms with Crippen LogP contribution in [0.5, 0.6) is 11.5 Å². The zero-order valence-electron chi connectivity index (χ0n) is 13.8. The maximum atomic E-state index is 13.8. The molecule has 1 aromatic heterocycles. The molecular weight excluding hydrogens is 344 g/mol. The number of carbonyl (C=O) groups is 1. The Morgan fingerprint density at radius 1 is 1.15 bits per heavy atom. The van der Waals surface area contributed by atoms with Gasteiger partial charge >= 0.3 is 0 Å². The minimum absolute atomic E-state index is 0.0519. The number of ether oxygens (including phenoxy) is 2. The van der Waals surface area contributed by atoms with Crippen LogP contribution in [0, 0.1) is 11.6 Å². The molecule has 0 fully saturated rings. The first-order valence-electron chi connectivity index (χ1n) is 7.59. The van der Waals surface area contributed by atoms with Gasteiger partial charge in [0.05, 0.1) is 12.7 Å². The van der Waals surface area contributed by atoms with Crippen molar-refractivity contribution in [3.63, 3.8) is 0 Å². The van der Waals surface area contributed by atoms with E-state index >= 15 is 0 Å². The van der Waals surface area contributed by atoms with E-state index in [1.54, 1.807) is 18.2 Å². The van der Waals surface area contributed by atoms with Crippen LogP contribution in [0.2, 0.25) is 0 Å². The summed E-state index contributed by atoms with van der Waals surface area (Å²) in [5, 5.41) is 4.10. The lowest BCUT2D eigenvalue weighted by Crippen LogP contribution is -2.13. The highest BCUT2D eigenvalue weighted by atomic mass is 19.1. The van der Waals surface area contributed by atoms with Gasteiger partial charge in [-0.25, -0.2) is 13.5 Å². The Kier molecular flexibility index (Phi) is 4.83. The molecule has 26 heavy (non-hydrogen) atoms. The summed E-state index contributed by atoms with van der Waals surface area (Å²) >= 11 is 0. The van der Waals surface area contributed by atoms with Gasteiger partial charge in [-0.1, -0.05) is 12.1 Å². The van der Waals surface area contributed by atoms with Crippen LogP contribution in [0.1, 0.15) is 16.1 Å². The number of nitrogens with two attached hydrogens (primary N) is 1. The number of para-hydroxylation sites is 2. The third-order valence-corrected chi connectivity index (χ3v) is 3.64. The number of primary amides is 1. The van der Waals surface area contributed by atoms with Gasteiger partial charge in [0.15, 0.2) is 23.1 Å². The summed E-state index contributed by atoms with van der Waals surface area (Å²) in [7, 11) is 1.43. The summed E-state index contributed by atoms with van der Waals surface area (Å²) in [6.07, 6.45) is 1.41. The number of rotatable bonds is 6. The molecule has 0 saturated heterocycles. The molecule has 0 bridgehead atoms. The summed E-state index contributed by atoms with van der Waals surface area (Å²) in [5.41, 5.74) is 5.61. The molecule has 1 heterocycles. The van der Waals surface area contributed by atoms with Crippen molar-refractivity contribution in [3.8, 4) is 17.2 Å². The first kappa shape index (κ1) is 17.4. The van der Waals surface area contributed by atoms with Gasteiger partial charge in [-0.2, -0.15) is 5.10 Å². The fourth-order valence-electron chi connectivity index (χ4n) is 2.44. The average Bonchev–Trinajstić information content (AvgIpc) is 3.07. The van der Waals surface area contributed by atoms with Crippen LogP contribution in [0.3, 0.4) is 0 Å². The molecule has 0 aliphatic rings. The molecule has 6 nitrogen and oxygen atoms in total. The molecule has 2 N–H and O–H groups in total. The molecule has 0 radical (unpaired) electrons. The SMILES string of the molecule is COc1cccc(C(N)=O)c1OCc1ccn(-c2c(F)cccc2F)n1. The second-order valence-electron chi connectivity index (χ2n) is 5.31. The summed E-state index contributed by atoms with van der Waals surface area (Å²) in [5.74, 6) is -1.63. The molecule has 134 valence electrons. The zero-order chi connectivity index (χ0) is 18.7. The Bertz CT molecular complexity index is 936. The van der Waals surface area contributed by atoms with Crippen molar-refractivity contribution < 1.29 is 23.0 Å². The maximum absolute atomic E-state index is 13.8. The Morgan fingerprint density at radius 3 is 2.50 bits per heavy atom. The van der Waals surface area contributed by atoms with E-state index in [9.17, 15) is 13.6 Å². The van der Waals surface area contributed by atoms with Gasteiger partial charge in [0.2, 0.25) is 0 Å². The van der Waals surface area contributed by atoms with Gasteiger partial charge in [-0.15, -0.1) is 0 Å². The van der Waals surface area contributed by atoms with E-state index in [2.05, 4.69) is 5.10 Å². The Morgan fingerprint density at radius 2 is 1.85 bits per heavy atom. The maximum Gasteiger partial charge on any atom is 0.252 e. The van der Waals surface area contributed by atoms with Crippen LogP contribution in [0.15, 0.2) is 48.7 Å². The topological polar surface area (TPSA) is 79.4 Å². The van der Waals surface area contributed by atoms with Gasteiger partial charge in [0.1, 0.15) is 18.0 Å². The second-order valence-corrected chi connectivity index (χ2v) is 5.31.